The maximum absolute atomic E-state index is 13.2. The van der Waals surface area contributed by atoms with Crippen LogP contribution in [0.1, 0.15) is 23.1 Å². The van der Waals surface area contributed by atoms with Gasteiger partial charge >= 0.3 is 6.09 Å². The van der Waals surface area contributed by atoms with E-state index < -0.39 is 21.0 Å². The van der Waals surface area contributed by atoms with E-state index in [0.29, 0.717) is 26.1 Å². The van der Waals surface area contributed by atoms with Crippen molar-refractivity contribution >= 4 is 28.1 Å². The van der Waals surface area contributed by atoms with Crippen LogP contribution in [0, 0.1) is 0 Å². The Morgan fingerprint density at radius 1 is 0.950 bits per heavy atom. The summed E-state index contributed by atoms with van der Waals surface area (Å²) in [4.78, 5) is 14.9. The second-order valence-corrected chi connectivity index (χ2v) is 13.7. The highest BCUT2D eigenvalue weighted by Crippen LogP contribution is 2.52. The van der Waals surface area contributed by atoms with Gasteiger partial charge < -0.3 is 9.64 Å². The molecule has 2 heterocycles. The van der Waals surface area contributed by atoms with Gasteiger partial charge in [0.1, 0.15) is 6.61 Å². The van der Waals surface area contributed by atoms with Gasteiger partial charge in [0.2, 0.25) is 0 Å². The standard InChI is InChI=1S/C31H35N3O4S2/c1-3-21-38-30(35)34-24-29(22-28(34)23-33-20-19-32(2)40(33,36)37)39-31(25-13-7-4-8-14-25,26-15-9-5-10-16-26)27-17-11-6-12-18-27/h3-18,28-29H,1,19-24H2,2H3/t28-,29-/m0/s1. The molecule has 0 spiro atoms. The number of thioether (sulfide) groups is 1. The zero-order valence-electron chi connectivity index (χ0n) is 22.6. The molecule has 2 atom stereocenters. The van der Waals surface area contributed by atoms with Crippen molar-refractivity contribution in [2.24, 2.45) is 0 Å². The molecule has 2 aliphatic rings. The lowest BCUT2D eigenvalue weighted by atomic mass is 9.84. The maximum atomic E-state index is 13.2. The van der Waals surface area contributed by atoms with Crippen molar-refractivity contribution < 1.29 is 17.9 Å². The minimum atomic E-state index is -3.54. The van der Waals surface area contributed by atoms with Gasteiger partial charge in [0.05, 0.1) is 10.8 Å². The summed E-state index contributed by atoms with van der Waals surface area (Å²) in [5, 5.41) is 0.0185. The summed E-state index contributed by atoms with van der Waals surface area (Å²) in [5.41, 5.74) is 3.43. The van der Waals surface area contributed by atoms with Gasteiger partial charge in [-0.15, -0.1) is 11.8 Å². The Hall–Kier alpha value is -3.11. The third kappa shape index (κ3) is 5.56. The topological polar surface area (TPSA) is 70.2 Å². The highest BCUT2D eigenvalue weighted by Gasteiger charge is 2.46. The Bertz CT molecular complexity index is 1310. The first-order chi connectivity index (χ1) is 19.4. The molecular formula is C31H35N3O4S2. The number of amides is 1. The number of rotatable bonds is 9. The van der Waals surface area contributed by atoms with E-state index in [1.165, 1.54) is 8.61 Å². The summed E-state index contributed by atoms with van der Waals surface area (Å²) < 4.78 is 33.5. The lowest BCUT2D eigenvalue weighted by Crippen LogP contribution is -2.44. The summed E-state index contributed by atoms with van der Waals surface area (Å²) in [6, 6.07) is 31.0. The fraction of sp³-hybridized carbons (Fsp3) is 0.323. The average Bonchev–Trinajstić information content (AvgIpc) is 3.50. The number of hydrogen-bond donors (Lipinski definition) is 0. The van der Waals surface area contributed by atoms with E-state index in [0.717, 1.165) is 16.7 Å². The van der Waals surface area contributed by atoms with Crippen molar-refractivity contribution in [1.29, 1.82) is 0 Å². The SMILES string of the molecule is C=CCOC(=O)N1C[C@@H](SC(c2ccccc2)(c2ccccc2)c2ccccc2)C[C@H]1CN1CCN(C)S1(=O)=O. The van der Waals surface area contributed by atoms with Crippen LogP contribution in [0.15, 0.2) is 104 Å². The van der Waals surface area contributed by atoms with Crippen molar-refractivity contribution in [1.82, 2.24) is 13.5 Å². The molecule has 0 unspecified atom stereocenters. The first kappa shape index (κ1) is 28.4. The maximum Gasteiger partial charge on any atom is 0.410 e. The fourth-order valence-corrected chi connectivity index (χ4v) is 8.89. The lowest BCUT2D eigenvalue weighted by Gasteiger charge is -2.37. The predicted octanol–water partition coefficient (Wildman–Crippen LogP) is 4.97. The van der Waals surface area contributed by atoms with Gasteiger partial charge in [-0.2, -0.15) is 17.0 Å². The molecule has 0 aromatic heterocycles. The smallest absolute Gasteiger partial charge is 0.410 e. The number of carbonyl (C=O) groups is 1. The van der Waals surface area contributed by atoms with Gasteiger partial charge in [-0.1, -0.05) is 104 Å². The normalized spacial score (nSPS) is 21.4. The highest BCUT2D eigenvalue weighted by molar-refractivity contribution is 8.01. The molecule has 0 radical (unpaired) electrons. The van der Waals surface area contributed by atoms with Crippen LogP contribution in [0.5, 0.6) is 0 Å². The van der Waals surface area contributed by atoms with Crippen molar-refractivity contribution in [3.63, 3.8) is 0 Å². The Kier molecular flexibility index (Phi) is 8.65. The molecule has 0 N–H and O–H groups in total. The average molecular weight is 578 g/mol. The monoisotopic (exact) mass is 577 g/mol. The first-order valence-corrected chi connectivity index (χ1v) is 15.7. The highest BCUT2D eigenvalue weighted by atomic mass is 32.2. The molecule has 3 aromatic rings. The minimum Gasteiger partial charge on any atom is -0.445 e. The van der Waals surface area contributed by atoms with Crippen molar-refractivity contribution in [3.8, 4) is 0 Å². The molecule has 210 valence electrons. The van der Waals surface area contributed by atoms with Gasteiger partial charge in [-0.3, -0.25) is 0 Å². The number of hydrogen-bond acceptors (Lipinski definition) is 5. The van der Waals surface area contributed by atoms with Gasteiger partial charge in [-0.25, -0.2) is 4.79 Å². The van der Waals surface area contributed by atoms with Gasteiger partial charge in [0.15, 0.2) is 0 Å². The van der Waals surface area contributed by atoms with Gasteiger partial charge in [0, 0.05) is 38.5 Å². The van der Waals surface area contributed by atoms with E-state index >= 15 is 0 Å². The summed E-state index contributed by atoms with van der Waals surface area (Å²) >= 11 is 1.82. The van der Waals surface area contributed by atoms with Crippen LogP contribution in [0.2, 0.25) is 0 Å². The minimum absolute atomic E-state index is 0.0185. The van der Waals surface area contributed by atoms with Crippen LogP contribution in [0.3, 0.4) is 0 Å². The van der Waals surface area contributed by atoms with E-state index in [-0.39, 0.29) is 24.4 Å². The Balaban J connectivity index is 1.53. The van der Waals surface area contributed by atoms with E-state index in [1.54, 1.807) is 18.0 Å². The van der Waals surface area contributed by atoms with Crippen LogP contribution >= 0.6 is 11.8 Å². The summed E-state index contributed by atoms with van der Waals surface area (Å²) in [6.07, 6.45) is 1.74. The molecule has 0 bridgehead atoms. The fourth-order valence-electron chi connectivity index (χ4n) is 5.64. The Labute approximate surface area is 241 Å². The summed E-state index contributed by atoms with van der Waals surface area (Å²) in [7, 11) is -1.95. The second kappa shape index (κ2) is 12.2. The third-order valence-corrected chi connectivity index (χ3v) is 11.3. The number of ether oxygens (including phenoxy) is 1. The van der Waals surface area contributed by atoms with E-state index in [1.807, 2.05) is 30.0 Å². The molecule has 3 aromatic carbocycles. The number of nitrogens with zero attached hydrogens (tertiary/aromatic N) is 3. The molecule has 40 heavy (non-hydrogen) atoms. The van der Waals surface area contributed by atoms with Crippen LogP contribution in [-0.2, 0) is 19.7 Å². The molecule has 9 heteroatoms. The number of benzene rings is 3. The van der Waals surface area contributed by atoms with Crippen molar-refractivity contribution in [3.05, 3.63) is 120 Å². The summed E-state index contributed by atoms with van der Waals surface area (Å²) in [6.45, 7) is 5.29. The quantitative estimate of drug-likeness (QED) is 0.265. The van der Waals surface area contributed by atoms with E-state index in [2.05, 4.69) is 79.4 Å². The molecule has 5 rings (SSSR count). The Morgan fingerprint density at radius 3 is 1.93 bits per heavy atom. The number of carbonyl (C=O) groups excluding carboxylic acids is 1. The predicted molar refractivity (Wildman–Crippen MR) is 160 cm³/mol. The molecule has 2 aliphatic heterocycles. The first-order valence-electron chi connectivity index (χ1n) is 13.5. The van der Waals surface area contributed by atoms with Crippen LogP contribution in [0.4, 0.5) is 4.79 Å². The third-order valence-electron chi connectivity index (χ3n) is 7.62. The zero-order valence-corrected chi connectivity index (χ0v) is 24.3. The van der Waals surface area contributed by atoms with Gasteiger partial charge in [0.25, 0.3) is 10.2 Å². The van der Waals surface area contributed by atoms with Crippen molar-refractivity contribution in [2.75, 3.05) is 39.8 Å². The lowest BCUT2D eigenvalue weighted by molar-refractivity contribution is 0.104. The van der Waals surface area contributed by atoms with Gasteiger partial charge in [-0.05, 0) is 23.1 Å². The molecule has 0 saturated carbocycles. The molecular weight excluding hydrogens is 542 g/mol. The molecule has 7 nitrogen and oxygen atoms in total. The van der Waals surface area contributed by atoms with Crippen LogP contribution in [0.25, 0.3) is 0 Å². The Morgan fingerprint density at radius 2 is 1.48 bits per heavy atom. The molecule has 2 fully saturated rings. The number of likely N-dealkylation sites (N-methyl/N-ethyl adjacent to an activating group) is 1. The van der Waals surface area contributed by atoms with Crippen molar-refractivity contribution in [2.45, 2.75) is 22.5 Å². The summed E-state index contributed by atoms with van der Waals surface area (Å²) in [5.74, 6) is 0. The van der Waals surface area contributed by atoms with Crippen LogP contribution < -0.4 is 0 Å². The number of likely N-dealkylation sites (tertiary alicyclic amines) is 1. The van der Waals surface area contributed by atoms with E-state index in [4.69, 9.17) is 4.74 Å². The van der Waals surface area contributed by atoms with Crippen LogP contribution in [-0.4, -0.2) is 79.1 Å². The second-order valence-electron chi connectivity index (χ2n) is 10.1. The molecule has 1 amide bonds. The zero-order chi connectivity index (χ0) is 28.2. The van der Waals surface area contributed by atoms with E-state index in [9.17, 15) is 13.2 Å². The molecule has 0 aliphatic carbocycles. The molecule has 2 saturated heterocycles. The largest absolute Gasteiger partial charge is 0.445 e.